The Bertz CT molecular complexity index is 1260. The molecule has 0 bridgehead atoms. The van der Waals surface area contributed by atoms with Gasteiger partial charge < -0.3 is 10.4 Å². The largest absolute Gasteiger partial charge is 0.493 e. The van der Waals surface area contributed by atoms with Crippen molar-refractivity contribution in [3.63, 3.8) is 0 Å². The van der Waals surface area contributed by atoms with Crippen LogP contribution in [0.1, 0.15) is 28.5 Å². The van der Waals surface area contributed by atoms with Gasteiger partial charge in [-0.2, -0.15) is 0 Å². The number of hydrogen-bond acceptors (Lipinski definition) is 5. The van der Waals surface area contributed by atoms with E-state index < -0.39 is 4.87 Å². The van der Waals surface area contributed by atoms with Gasteiger partial charge in [0.05, 0.1) is 10.6 Å². The average molecular weight is 420 g/mol. The van der Waals surface area contributed by atoms with Crippen LogP contribution in [-0.2, 0) is 11.3 Å². The third-order valence-electron chi connectivity index (χ3n) is 4.85. The Labute approximate surface area is 177 Å². The number of benzene rings is 2. The van der Waals surface area contributed by atoms with Crippen LogP contribution in [0, 0.1) is 13.8 Å². The molecule has 3 aromatic rings. The average Bonchev–Trinajstić information content (AvgIpc) is 3.12. The standard InChI is InChI=1S/C23H21N3O3S/c1-13-8-14(2)10-16(9-13)25-21(27)12-26-22(28)20(30-23(26)29)11-18-15(3)24-19-7-5-4-6-17(18)19/h4-11,28H,12H2,1-3H3,(H,25,27). The van der Waals surface area contributed by atoms with E-state index in [4.69, 9.17) is 0 Å². The second-order valence-corrected chi connectivity index (χ2v) is 8.33. The summed E-state index contributed by atoms with van der Waals surface area (Å²) in [4.78, 5) is 29.4. The summed E-state index contributed by atoms with van der Waals surface area (Å²) in [7, 11) is 0. The highest BCUT2D eigenvalue weighted by atomic mass is 32.1. The van der Waals surface area contributed by atoms with Gasteiger partial charge in [-0.15, -0.1) is 0 Å². The fourth-order valence-corrected chi connectivity index (χ4v) is 4.41. The topological polar surface area (TPSA) is 83.7 Å². The molecule has 0 saturated carbocycles. The Morgan fingerprint density at radius 2 is 1.87 bits per heavy atom. The molecule has 1 aliphatic rings. The summed E-state index contributed by atoms with van der Waals surface area (Å²) in [6.45, 7) is 5.52. The third-order valence-corrected chi connectivity index (χ3v) is 5.76. The summed E-state index contributed by atoms with van der Waals surface area (Å²) in [5, 5.41) is 13.4. The molecule has 7 heteroatoms. The number of aromatic nitrogens is 1. The monoisotopic (exact) mass is 419 g/mol. The normalized spacial score (nSPS) is 14.0. The predicted octanol–water partition coefficient (Wildman–Crippen LogP) is 4.52. The number of para-hydroxylation sites is 1. The summed E-state index contributed by atoms with van der Waals surface area (Å²) in [6.07, 6.45) is 1.75. The van der Waals surface area contributed by atoms with Crippen LogP contribution in [0.15, 0.2) is 52.3 Å². The van der Waals surface area contributed by atoms with Crippen LogP contribution >= 0.6 is 11.3 Å². The maximum atomic E-state index is 12.5. The van der Waals surface area contributed by atoms with Crippen molar-refractivity contribution < 1.29 is 9.90 Å². The predicted molar refractivity (Wildman–Crippen MR) is 122 cm³/mol. The lowest BCUT2D eigenvalue weighted by atomic mass is 10.0. The van der Waals surface area contributed by atoms with Gasteiger partial charge in [-0.1, -0.05) is 35.6 Å². The zero-order valence-corrected chi connectivity index (χ0v) is 17.7. The van der Waals surface area contributed by atoms with Gasteiger partial charge in [-0.3, -0.25) is 19.1 Å². The number of fused-ring (bicyclic) bond motifs is 1. The Kier molecular flexibility index (Phi) is 5.13. The summed E-state index contributed by atoms with van der Waals surface area (Å²) in [5.41, 5.74) is 6.21. The number of aryl methyl sites for hydroxylation is 2. The molecule has 0 saturated heterocycles. The molecule has 0 unspecified atom stereocenters. The number of carbonyl (C=O) groups is 1. The molecule has 0 aliphatic carbocycles. The molecule has 4 rings (SSSR count). The number of anilines is 1. The first-order valence-corrected chi connectivity index (χ1v) is 10.3. The van der Waals surface area contributed by atoms with Crippen molar-refractivity contribution in [2.24, 2.45) is 4.99 Å². The number of thiazole rings is 1. The van der Waals surface area contributed by atoms with Crippen LogP contribution < -0.4 is 10.2 Å². The molecular weight excluding hydrogens is 398 g/mol. The van der Waals surface area contributed by atoms with E-state index in [0.29, 0.717) is 10.6 Å². The molecule has 30 heavy (non-hydrogen) atoms. The van der Waals surface area contributed by atoms with E-state index in [0.717, 1.165) is 49.6 Å². The van der Waals surface area contributed by atoms with Gasteiger partial charge in [0, 0.05) is 22.5 Å². The fraction of sp³-hybridized carbons (Fsp3) is 0.174. The molecule has 2 aromatic carbocycles. The van der Waals surface area contributed by atoms with Crippen molar-refractivity contribution in [2.45, 2.75) is 27.3 Å². The van der Waals surface area contributed by atoms with Gasteiger partial charge in [-0.05, 0) is 56.2 Å². The number of amides is 1. The molecule has 0 fully saturated rings. The smallest absolute Gasteiger partial charge is 0.311 e. The van der Waals surface area contributed by atoms with Crippen LogP contribution in [0.3, 0.4) is 0 Å². The molecule has 1 aromatic heterocycles. The van der Waals surface area contributed by atoms with Crippen molar-refractivity contribution >= 4 is 46.0 Å². The lowest BCUT2D eigenvalue weighted by Gasteiger charge is -2.08. The van der Waals surface area contributed by atoms with Gasteiger partial charge in [0.25, 0.3) is 0 Å². The molecule has 0 spiro atoms. The van der Waals surface area contributed by atoms with E-state index in [1.54, 1.807) is 6.08 Å². The second-order valence-electron chi connectivity index (χ2n) is 7.34. The number of carbonyl (C=O) groups excluding carboxylic acids is 1. The summed E-state index contributed by atoms with van der Waals surface area (Å²) >= 11 is 0.904. The fourth-order valence-electron chi connectivity index (χ4n) is 3.59. The Balaban J connectivity index is 1.59. The van der Waals surface area contributed by atoms with Crippen molar-refractivity contribution in [1.29, 1.82) is 0 Å². The highest BCUT2D eigenvalue weighted by Gasteiger charge is 2.20. The van der Waals surface area contributed by atoms with Crippen molar-refractivity contribution in [3.8, 4) is 5.88 Å². The SMILES string of the molecule is CC1=Nc2ccccc2C1=Cc1sc(=O)n(CC(=O)Nc2cc(C)cc(C)c2)c1O. The minimum atomic E-state index is -0.393. The second kappa shape index (κ2) is 7.76. The van der Waals surface area contributed by atoms with E-state index in [1.165, 1.54) is 0 Å². The Hall–Kier alpha value is -3.45. The van der Waals surface area contributed by atoms with E-state index in [9.17, 15) is 14.7 Å². The summed E-state index contributed by atoms with van der Waals surface area (Å²) in [5.74, 6) is -0.594. The first-order chi connectivity index (χ1) is 14.3. The van der Waals surface area contributed by atoms with Gasteiger partial charge >= 0.3 is 4.87 Å². The van der Waals surface area contributed by atoms with Crippen LogP contribution in [0.4, 0.5) is 11.4 Å². The molecule has 152 valence electrons. The molecule has 2 heterocycles. The molecule has 2 N–H and O–H groups in total. The van der Waals surface area contributed by atoms with Crippen molar-refractivity contribution in [2.75, 3.05) is 5.32 Å². The molecule has 6 nitrogen and oxygen atoms in total. The molecule has 0 atom stereocenters. The Morgan fingerprint density at radius 3 is 2.60 bits per heavy atom. The number of aliphatic imine (C=N–C) groups is 1. The maximum absolute atomic E-state index is 12.5. The zero-order valence-electron chi connectivity index (χ0n) is 16.9. The number of aromatic hydroxyl groups is 1. The first kappa shape index (κ1) is 19.8. The number of nitrogens with one attached hydrogen (secondary N) is 1. The lowest BCUT2D eigenvalue weighted by molar-refractivity contribution is -0.116. The lowest BCUT2D eigenvalue weighted by Crippen LogP contribution is -2.24. The highest BCUT2D eigenvalue weighted by molar-refractivity contribution is 7.10. The van der Waals surface area contributed by atoms with Crippen molar-refractivity contribution in [3.05, 3.63) is 73.7 Å². The molecule has 0 radical (unpaired) electrons. The van der Waals surface area contributed by atoms with Gasteiger partial charge in [0.1, 0.15) is 6.54 Å². The Morgan fingerprint density at radius 1 is 1.17 bits per heavy atom. The van der Waals surface area contributed by atoms with Gasteiger partial charge in [0.15, 0.2) is 0 Å². The summed E-state index contributed by atoms with van der Waals surface area (Å²) < 4.78 is 1.09. The number of rotatable bonds is 4. The number of nitrogens with zero attached hydrogens (tertiary/aromatic N) is 2. The minimum absolute atomic E-state index is 0.217. The third kappa shape index (κ3) is 3.84. The van der Waals surface area contributed by atoms with Crippen LogP contribution in [0.25, 0.3) is 11.6 Å². The number of hydrogen-bond donors (Lipinski definition) is 2. The highest BCUT2D eigenvalue weighted by Crippen LogP contribution is 2.37. The molecule has 1 aliphatic heterocycles. The van der Waals surface area contributed by atoms with Crippen LogP contribution in [-0.4, -0.2) is 21.3 Å². The van der Waals surface area contributed by atoms with Gasteiger partial charge in [-0.25, -0.2) is 0 Å². The van der Waals surface area contributed by atoms with Gasteiger partial charge in [0.2, 0.25) is 11.8 Å². The van der Waals surface area contributed by atoms with Crippen molar-refractivity contribution in [1.82, 2.24) is 4.57 Å². The first-order valence-electron chi connectivity index (χ1n) is 9.49. The van der Waals surface area contributed by atoms with E-state index in [1.807, 2.05) is 63.2 Å². The maximum Gasteiger partial charge on any atom is 0.311 e. The van der Waals surface area contributed by atoms with E-state index >= 15 is 0 Å². The van der Waals surface area contributed by atoms with Crippen LogP contribution in [0.2, 0.25) is 0 Å². The van der Waals surface area contributed by atoms with E-state index in [2.05, 4.69) is 10.3 Å². The van der Waals surface area contributed by atoms with Crippen LogP contribution in [0.5, 0.6) is 5.88 Å². The number of allylic oxidation sites excluding steroid dienone is 1. The quantitative estimate of drug-likeness (QED) is 0.652. The zero-order chi connectivity index (χ0) is 21.4. The minimum Gasteiger partial charge on any atom is -0.493 e. The summed E-state index contributed by atoms with van der Waals surface area (Å²) in [6, 6.07) is 13.4. The van der Waals surface area contributed by atoms with E-state index in [-0.39, 0.29) is 18.3 Å². The molecular formula is C23H21N3O3S. The molecule has 1 amide bonds.